The van der Waals surface area contributed by atoms with Crippen LogP contribution in [0.2, 0.25) is 0 Å². The van der Waals surface area contributed by atoms with Gasteiger partial charge in [0.1, 0.15) is 6.54 Å². The van der Waals surface area contributed by atoms with Crippen molar-refractivity contribution in [1.82, 2.24) is 24.9 Å². The highest BCUT2D eigenvalue weighted by atomic mass is 16.2. The van der Waals surface area contributed by atoms with E-state index in [1.165, 1.54) is 23.6 Å². The molecule has 1 saturated heterocycles. The van der Waals surface area contributed by atoms with Crippen LogP contribution in [0.1, 0.15) is 24.5 Å². The van der Waals surface area contributed by atoms with Gasteiger partial charge in [0.05, 0.1) is 11.4 Å². The fourth-order valence-corrected chi connectivity index (χ4v) is 4.67. The highest BCUT2D eigenvalue weighted by Crippen LogP contribution is 2.38. The molecule has 0 unspecified atom stereocenters. The molecule has 1 amide bonds. The van der Waals surface area contributed by atoms with E-state index in [0.717, 1.165) is 27.8 Å². The van der Waals surface area contributed by atoms with Gasteiger partial charge in [0.2, 0.25) is 5.91 Å². The van der Waals surface area contributed by atoms with E-state index in [4.69, 9.17) is 0 Å². The molecule has 2 fully saturated rings. The van der Waals surface area contributed by atoms with Crippen molar-refractivity contribution in [3.8, 4) is 11.3 Å². The van der Waals surface area contributed by atoms with E-state index in [1.54, 1.807) is 11.0 Å². The molecule has 2 aromatic carbocycles. The lowest BCUT2D eigenvalue weighted by molar-refractivity contribution is -0.132. The van der Waals surface area contributed by atoms with Crippen molar-refractivity contribution in [2.45, 2.75) is 25.3 Å². The zero-order valence-electron chi connectivity index (χ0n) is 19.4. The van der Waals surface area contributed by atoms with E-state index in [1.807, 2.05) is 48.5 Å². The number of amides is 1. The van der Waals surface area contributed by atoms with Crippen LogP contribution in [-0.4, -0.2) is 57.0 Å². The Labute approximate surface area is 202 Å². The lowest BCUT2D eigenvalue weighted by Gasteiger charge is -2.35. The fourth-order valence-electron chi connectivity index (χ4n) is 4.67. The Balaban J connectivity index is 1.14. The second-order valence-corrected chi connectivity index (χ2v) is 9.20. The molecule has 1 aliphatic carbocycles. The van der Waals surface area contributed by atoms with E-state index in [2.05, 4.69) is 26.3 Å². The Hall–Kier alpha value is -4.07. The van der Waals surface area contributed by atoms with Crippen LogP contribution >= 0.6 is 0 Å². The number of piperazine rings is 1. The van der Waals surface area contributed by atoms with Crippen molar-refractivity contribution in [3.05, 3.63) is 82.8 Å². The van der Waals surface area contributed by atoms with Crippen LogP contribution in [0.5, 0.6) is 0 Å². The van der Waals surface area contributed by atoms with Gasteiger partial charge < -0.3 is 9.80 Å². The zero-order chi connectivity index (χ0) is 23.8. The maximum Gasteiger partial charge on any atom is 0.267 e. The second-order valence-electron chi connectivity index (χ2n) is 9.20. The first-order chi connectivity index (χ1) is 17.2. The van der Waals surface area contributed by atoms with Crippen molar-refractivity contribution in [3.63, 3.8) is 0 Å². The van der Waals surface area contributed by atoms with Gasteiger partial charge in [0.25, 0.3) is 5.56 Å². The molecule has 0 spiro atoms. The van der Waals surface area contributed by atoms with E-state index in [0.29, 0.717) is 37.8 Å². The smallest absolute Gasteiger partial charge is 0.267 e. The van der Waals surface area contributed by atoms with Crippen molar-refractivity contribution >= 4 is 22.5 Å². The summed E-state index contributed by atoms with van der Waals surface area (Å²) >= 11 is 0. The summed E-state index contributed by atoms with van der Waals surface area (Å²) < 4.78 is 1.27. The predicted octanol–water partition coefficient (Wildman–Crippen LogP) is 3.08. The highest BCUT2D eigenvalue weighted by Gasteiger charge is 2.26. The number of hydrogen-bond donors (Lipinski definition) is 0. The summed E-state index contributed by atoms with van der Waals surface area (Å²) in [5.74, 6) is 1.33. The number of benzene rings is 2. The third-order valence-corrected chi connectivity index (χ3v) is 6.84. The molecule has 35 heavy (non-hydrogen) atoms. The van der Waals surface area contributed by atoms with Crippen LogP contribution in [0, 0.1) is 0 Å². The monoisotopic (exact) mass is 466 g/mol. The van der Waals surface area contributed by atoms with Gasteiger partial charge in [0.15, 0.2) is 5.82 Å². The van der Waals surface area contributed by atoms with Crippen LogP contribution < -0.4 is 10.5 Å². The molecular weight excluding hydrogens is 440 g/mol. The van der Waals surface area contributed by atoms with Gasteiger partial charge in [-0.15, -0.1) is 5.10 Å². The number of hydrogen-bond acceptors (Lipinski definition) is 6. The van der Waals surface area contributed by atoms with Gasteiger partial charge in [-0.2, -0.15) is 10.2 Å². The van der Waals surface area contributed by atoms with Crippen LogP contribution in [0.25, 0.3) is 22.0 Å². The van der Waals surface area contributed by atoms with Gasteiger partial charge >= 0.3 is 0 Å². The molecule has 0 atom stereocenters. The number of anilines is 1. The number of rotatable bonds is 5. The topological polar surface area (TPSA) is 84.2 Å². The largest absolute Gasteiger partial charge is 0.352 e. The molecule has 6 rings (SSSR count). The first-order valence-electron chi connectivity index (χ1n) is 12.1. The average molecular weight is 467 g/mol. The minimum atomic E-state index is -0.285. The second kappa shape index (κ2) is 8.94. The molecule has 2 aliphatic rings. The van der Waals surface area contributed by atoms with Crippen LogP contribution in [0.3, 0.4) is 0 Å². The number of aromatic nitrogens is 4. The first-order valence-corrected chi connectivity index (χ1v) is 12.1. The van der Waals surface area contributed by atoms with Crippen LogP contribution in [0.4, 0.5) is 5.82 Å². The first kappa shape index (κ1) is 21.5. The van der Waals surface area contributed by atoms with E-state index in [-0.39, 0.29) is 18.0 Å². The molecule has 8 nitrogen and oxygen atoms in total. The molecule has 4 aromatic rings. The van der Waals surface area contributed by atoms with Crippen molar-refractivity contribution < 1.29 is 4.79 Å². The van der Waals surface area contributed by atoms with Gasteiger partial charge in [0, 0.05) is 43.7 Å². The summed E-state index contributed by atoms with van der Waals surface area (Å²) in [6, 6.07) is 21.4. The molecule has 0 radical (unpaired) electrons. The van der Waals surface area contributed by atoms with Gasteiger partial charge in [-0.1, -0.05) is 42.5 Å². The number of carbonyl (C=O) groups excluding carboxylic acids is 1. The lowest BCUT2D eigenvalue weighted by atomic mass is 10.0. The van der Waals surface area contributed by atoms with E-state index >= 15 is 0 Å². The molecule has 1 aliphatic heterocycles. The summed E-state index contributed by atoms with van der Waals surface area (Å²) in [5.41, 5.74) is 2.40. The number of nitrogens with zero attached hydrogens (tertiary/aromatic N) is 6. The van der Waals surface area contributed by atoms with Crippen molar-refractivity contribution in [2.75, 3.05) is 31.1 Å². The summed E-state index contributed by atoms with van der Waals surface area (Å²) in [5, 5.41) is 15.5. The highest BCUT2D eigenvalue weighted by molar-refractivity contribution is 5.95. The number of fused-ring (bicyclic) bond motifs is 1. The Morgan fingerprint density at radius 3 is 2.43 bits per heavy atom. The minimum absolute atomic E-state index is 0.0761. The quantitative estimate of drug-likeness (QED) is 0.450. The molecule has 1 saturated carbocycles. The lowest BCUT2D eigenvalue weighted by Crippen LogP contribution is -2.50. The summed E-state index contributed by atoms with van der Waals surface area (Å²) in [4.78, 5) is 29.5. The molecule has 3 heterocycles. The molecule has 2 aromatic heterocycles. The molecule has 176 valence electrons. The molecule has 0 N–H and O–H groups in total. The maximum absolute atomic E-state index is 13.0. The molecular formula is C27H26N6O2. The summed E-state index contributed by atoms with van der Waals surface area (Å²) in [6.07, 6.45) is 2.41. The normalized spacial score (nSPS) is 16.0. The van der Waals surface area contributed by atoms with Gasteiger partial charge in [-0.05, 0) is 41.8 Å². The Kier molecular flexibility index (Phi) is 5.48. The fraction of sp³-hybridized carbons (Fsp3) is 0.296. The minimum Gasteiger partial charge on any atom is -0.352 e. The third-order valence-electron chi connectivity index (χ3n) is 6.84. The van der Waals surface area contributed by atoms with E-state index < -0.39 is 0 Å². The Bertz CT molecular complexity index is 1430. The van der Waals surface area contributed by atoms with Crippen molar-refractivity contribution in [2.24, 2.45) is 0 Å². The average Bonchev–Trinajstić information content (AvgIpc) is 3.76. The zero-order valence-corrected chi connectivity index (χ0v) is 19.4. The van der Waals surface area contributed by atoms with Crippen molar-refractivity contribution in [1.29, 1.82) is 0 Å². The predicted molar refractivity (Wildman–Crippen MR) is 134 cm³/mol. The van der Waals surface area contributed by atoms with E-state index in [9.17, 15) is 9.59 Å². The van der Waals surface area contributed by atoms with Crippen LogP contribution in [0.15, 0.2) is 71.5 Å². The number of carbonyl (C=O) groups is 1. The van der Waals surface area contributed by atoms with Gasteiger partial charge in [-0.25, -0.2) is 4.68 Å². The SMILES string of the molecule is O=C(Cn1nc(-c2cccc3ccccc23)ccc1=O)N1CCN(c2ccc(C3CC3)nn2)CC1. The summed E-state index contributed by atoms with van der Waals surface area (Å²) in [7, 11) is 0. The Morgan fingerprint density at radius 1 is 0.857 bits per heavy atom. The summed E-state index contributed by atoms with van der Waals surface area (Å²) in [6.45, 7) is 2.43. The van der Waals surface area contributed by atoms with Crippen LogP contribution in [-0.2, 0) is 11.3 Å². The molecule has 0 bridgehead atoms. The van der Waals surface area contributed by atoms with Gasteiger partial charge in [-0.3, -0.25) is 9.59 Å². The maximum atomic E-state index is 13.0. The Morgan fingerprint density at radius 2 is 1.66 bits per heavy atom. The molecule has 8 heteroatoms. The third kappa shape index (κ3) is 4.39. The standard InChI is InChI=1S/C27H26N6O2/c34-26-13-11-24(22-7-3-5-19-4-1-2-6-21(19)22)30-33(26)18-27(35)32-16-14-31(15-17-32)25-12-10-23(28-29-25)20-8-9-20/h1-7,10-13,20H,8-9,14-18H2.